The van der Waals surface area contributed by atoms with E-state index in [4.69, 9.17) is 16.3 Å². The standard InChI is InChI=1S/C22H30ClN5O2/c1-22(4-8-30-9-5-22)14-27-16-3-7-25-19(10-16)17-11-20(26-13-18(17)23)28-21(29)15-2-6-24-12-15/h3,10-11,13,15,24-25,27H,2,4-9,12,14H2,1H3,(H,26,28,29)/t15-/m1/s1. The molecule has 162 valence electrons. The van der Waals surface area contributed by atoms with Crippen molar-refractivity contribution in [2.24, 2.45) is 11.3 Å². The molecular formula is C22H30ClN5O2. The first kappa shape index (κ1) is 21.2. The molecule has 1 aromatic rings. The number of carbonyl (C=O) groups excluding carboxylic acids is 1. The number of carbonyl (C=O) groups is 1. The number of hydrogen-bond donors (Lipinski definition) is 4. The fourth-order valence-corrected chi connectivity index (χ4v) is 4.21. The second-order valence-electron chi connectivity index (χ2n) is 8.60. The van der Waals surface area contributed by atoms with E-state index in [0.717, 1.165) is 62.5 Å². The van der Waals surface area contributed by atoms with Crippen LogP contribution in [0.1, 0.15) is 31.7 Å². The zero-order valence-corrected chi connectivity index (χ0v) is 18.1. The maximum Gasteiger partial charge on any atom is 0.229 e. The Morgan fingerprint density at radius 1 is 1.40 bits per heavy atom. The molecule has 4 heterocycles. The monoisotopic (exact) mass is 431 g/mol. The molecule has 7 nitrogen and oxygen atoms in total. The molecule has 2 saturated heterocycles. The van der Waals surface area contributed by atoms with Crippen molar-refractivity contribution in [2.45, 2.75) is 26.2 Å². The van der Waals surface area contributed by atoms with Crippen LogP contribution < -0.4 is 21.3 Å². The highest BCUT2D eigenvalue weighted by molar-refractivity contribution is 6.32. The number of rotatable bonds is 6. The van der Waals surface area contributed by atoms with E-state index in [1.165, 1.54) is 0 Å². The molecule has 4 rings (SSSR count). The molecule has 0 saturated carbocycles. The van der Waals surface area contributed by atoms with Gasteiger partial charge in [-0.15, -0.1) is 0 Å². The molecule has 2 fully saturated rings. The van der Waals surface area contributed by atoms with E-state index in [2.05, 4.69) is 45.3 Å². The first-order valence-corrected chi connectivity index (χ1v) is 11.1. The molecule has 0 bridgehead atoms. The number of nitrogens with one attached hydrogen (secondary N) is 4. The number of hydrogen-bond acceptors (Lipinski definition) is 6. The Kier molecular flexibility index (Phi) is 6.61. The van der Waals surface area contributed by atoms with Gasteiger partial charge in [0.2, 0.25) is 5.91 Å². The molecule has 30 heavy (non-hydrogen) atoms. The number of halogens is 1. The number of nitrogens with zero attached hydrogens (tertiary/aromatic N) is 1. The fourth-order valence-electron chi connectivity index (χ4n) is 4.01. The van der Waals surface area contributed by atoms with Gasteiger partial charge in [-0.05, 0) is 49.4 Å². The summed E-state index contributed by atoms with van der Waals surface area (Å²) >= 11 is 6.44. The van der Waals surface area contributed by atoms with Crippen molar-refractivity contribution in [3.8, 4) is 0 Å². The summed E-state index contributed by atoms with van der Waals surface area (Å²) < 4.78 is 5.50. The molecule has 8 heteroatoms. The van der Waals surface area contributed by atoms with Crippen LogP contribution in [0.5, 0.6) is 0 Å². The Hall–Kier alpha value is -2.09. The maximum atomic E-state index is 12.4. The van der Waals surface area contributed by atoms with Crippen LogP contribution in [0, 0.1) is 11.3 Å². The van der Waals surface area contributed by atoms with Crippen LogP contribution in [0.3, 0.4) is 0 Å². The van der Waals surface area contributed by atoms with Crippen molar-refractivity contribution in [1.82, 2.24) is 20.9 Å². The lowest BCUT2D eigenvalue weighted by Crippen LogP contribution is -2.37. The molecular weight excluding hydrogens is 402 g/mol. The molecule has 4 N–H and O–H groups in total. The van der Waals surface area contributed by atoms with E-state index in [-0.39, 0.29) is 17.2 Å². The summed E-state index contributed by atoms with van der Waals surface area (Å²) in [5, 5.41) is 13.7. The topological polar surface area (TPSA) is 87.3 Å². The van der Waals surface area contributed by atoms with Crippen molar-refractivity contribution in [2.75, 3.05) is 44.7 Å². The summed E-state index contributed by atoms with van der Waals surface area (Å²) in [6.07, 6.45) is 8.78. The maximum absolute atomic E-state index is 12.4. The number of anilines is 1. The molecule has 1 aromatic heterocycles. The zero-order valence-electron chi connectivity index (χ0n) is 17.4. The Morgan fingerprint density at radius 2 is 2.23 bits per heavy atom. The van der Waals surface area contributed by atoms with E-state index < -0.39 is 0 Å². The minimum absolute atomic E-state index is 0.00156. The van der Waals surface area contributed by atoms with Crippen LogP contribution >= 0.6 is 11.6 Å². The largest absolute Gasteiger partial charge is 0.385 e. The molecule has 3 aliphatic rings. The van der Waals surface area contributed by atoms with Crippen molar-refractivity contribution in [1.29, 1.82) is 0 Å². The minimum atomic E-state index is -0.0109. The number of pyridine rings is 1. The third-order valence-electron chi connectivity index (χ3n) is 6.16. The van der Waals surface area contributed by atoms with E-state index in [9.17, 15) is 4.79 Å². The van der Waals surface area contributed by atoms with Crippen LogP contribution in [0.25, 0.3) is 5.70 Å². The van der Waals surface area contributed by atoms with Gasteiger partial charge in [-0.1, -0.05) is 18.5 Å². The molecule has 1 amide bonds. The van der Waals surface area contributed by atoms with E-state index in [1.807, 2.05) is 6.07 Å². The molecule has 0 aromatic carbocycles. The SMILES string of the molecule is CC1(CNC2=CCNC(c3cc(NC(=O)[C@@H]4CCNC4)ncc3Cl)=C2)CCOCC1. The van der Waals surface area contributed by atoms with Gasteiger partial charge in [0.05, 0.1) is 10.9 Å². The fraction of sp³-hybridized carbons (Fsp3) is 0.545. The average molecular weight is 432 g/mol. The normalized spacial score (nSPS) is 23.2. The highest BCUT2D eigenvalue weighted by atomic mass is 35.5. The van der Waals surface area contributed by atoms with Crippen LogP contribution in [0.2, 0.25) is 5.02 Å². The van der Waals surface area contributed by atoms with Gasteiger partial charge in [0, 0.05) is 56.0 Å². The molecule has 0 aliphatic carbocycles. The van der Waals surface area contributed by atoms with Gasteiger partial charge in [0.15, 0.2) is 0 Å². The van der Waals surface area contributed by atoms with Crippen LogP contribution in [-0.2, 0) is 9.53 Å². The molecule has 3 aliphatic heterocycles. The van der Waals surface area contributed by atoms with E-state index in [1.54, 1.807) is 6.20 Å². The minimum Gasteiger partial charge on any atom is -0.385 e. The molecule has 1 atom stereocenters. The summed E-state index contributed by atoms with van der Waals surface area (Å²) in [6.45, 7) is 7.18. The Morgan fingerprint density at radius 3 is 3.00 bits per heavy atom. The summed E-state index contributed by atoms with van der Waals surface area (Å²) in [5.41, 5.74) is 3.07. The van der Waals surface area contributed by atoms with Gasteiger partial charge in [0.25, 0.3) is 0 Å². The molecule has 0 radical (unpaired) electrons. The van der Waals surface area contributed by atoms with E-state index >= 15 is 0 Å². The highest BCUT2D eigenvalue weighted by Crippen LogP contribution is 2.30. The quantitative estimate of drug-likeness (QED) is 0.553. The number of ether oxygens (including phenoxy) is 1. The summed E-state index contributed by atoms with van der Waals surface area (Å²) in [6, 6.07) is 1.84. The Balaban J connectivity index is 1.44. The summed E-state index contributed by atoms with van der Waals surface area (Å²) in [7, 11) is 0. The van der Waals surface area contributed by atoms with Crippen molar-refractivity contribution < 1.29 is 9.53 Å². The molecule has 0 unspecified atom stereocenters. The number of allylic oxidation sites excluding steroid dienone is 1. The lowest BCUT2D eigenvalue weighted by atomic mass is 9.82. The predicted molar refractivity (Wildman–Crippen MR) is 119 cm³/mol. The van der Waals surface area contributed by atoms with E-state index in [0.29, 0.717) is 23.9 Å². The Bertz CT molecular complexity index is 842. The van der Waals surface area contributed by atoms with Gasteiger partial charge in [-0.2, -0.15) is 0 Å². The van der Waals surface area contributed by atoms with Crippen LogP contribution in [0.15, 0.2) is 30.1 Å². The first-order valence-electron chi connectivity index (χ1n) is 10.7. The number of amides is 1. The van der Waals surface area contributed by atoms with Gasteiger partial charge in [0.1, 0.15) is 5.82 Å². The number of aromatic nitrogens is 1. The molecule has 0 spiro atoms. The van der Waals surface area contributed by atoms with Crippen LogP contribution in [0.4, 0.5) is 5.82 Å². The first-order chi connectivity index (χ1) is 14.5. The number of dihydropyridines is 1. The van der Waals surface area contributed by atoms with Crippen molar-refractivity contribution >= 4 is 29.0 Å². The third kappa shape index (κ3) is 5.14. The lowest BCUT2D eigenvalue weighted by molar-refractivity contribution is -0.119. The van der Waals surface area contributed by atoms with Gasteiger partial charge in [-0.25, -0.2) is 4.98 Å². The van der Waals surface area contributed by atoms with Crippen molar-refractivity contribution in [3.05, 3.63) is 40.7 Å². The predicted octanol–water partition coefficient (Wildman–Crippen LogP) is 2.52. The Labute approximate surface area is 182 Å². The average Bonchev–Trinajstić information content (AvgIpc) is 3.30. The highest BCUT2D eigenvalue weighted by Gasteiger charge is 2.27. The van der Waals surface area contributed by atoms with Gasteiger partial charge < -0.3 is 26.0 Å². The van der Waals surface area contributed by atoms with Crippen molar-refractivity contribution in [3.63, 3.8) is 0 Å². The second kappa shape index (κ2) is 9.37. The smallest absolute Gasteiger partial charge is 0.229 e. The van der Waals surface area contributed by atoms with Gasteiger partial charge in [-0.3, -0.25) is 4.79 Å². The summed E-state index contributed by atoms with van der Waals surface area (Å²) in [4.78, 5) is 16.7. The van der Waals surface area contributed by atoms with Gasteiger partial charge >= 0.3 is 0 Å². The van der Waals surface area contributed by atoms with Crippen LogP contribution in [-0.4, -0.2) is 50.3 Å². The second-order valence-corrected chi connectivity index (χ2v) is 9.01. The third-order valence-corrected chi connectivity index (χ3v) is 6.46. The lowest BCUT2D eigenvalue weighted by Gasteiger charge is -2.34. The summed E-state index contributed by atoms with van der Waals surface area (Å²) in [5.74, 6) is 0.509. The zero-order chi connectivity index (χ0) is 21.0.